The molecule has 0 aliphatic carbocycles. The molecule has 104 valence electrons. The van der Waals surface area contributed by atoms with Crippen molar-refractivity contribution < 1.29 is 18.3 Å². The Morgan fingerprint density at radius 2 is 1.89 bits per heavy atom. The third-order valence-electron chi connectivity index (χ3n) is 3.20. The van der Waals surface area contributed by atoms with Gasteiger partial charge in [0.2, 0.25) is 0 Å². The van der Waals surface area contributed by atoms with Gasteiger partial charge in [-0.25, -0.2) is 8.42 Å². The van der Waals surface area contributed by atoms with E-state index in [1.54, 1.807) is 24.3 Å². The van der Waals surface area contributed by atoms with Gasteiger partial charge >= 0.3 is 0 Å². The minimum absolute atomic E-state index is 0.204. The first-order chi connectivity index (χ1) is 8.80. The largest absolute Gasteiger partial charge is 0.390 e. The van der Waals surface area contributed by atoms with Gasteiger partial charge in [-0.1, -0.05) is 11.6 Å². The Balaban J connectivity index is 2.18. The van der Waals surface area contributed by atoms with E-state index in [0.29, 0.717) is 10.6 Å². The monoisotopic (exact) mass is 303 g/mol. The molecule has 1 aliphatic heterocycles. The van der Waals surface area contributed by atoms with Gasteiger partial charge in [-0.3, -0.25) is 4.79 Å². The highest BCUT2D eigenvalue weighted by molar-refractivity contribution is 7.91. The first kappa shape index (κ1) is 14.3. The van der Waals surface area contributed by atoms with Crippen molar-refractivity contribution in [1.29, 1.82) is 0 Å². The lowest BCUT2D eigenvalue weighted by atomic mass is 10.1. The number of aliphatic hydroxyl groups is 1. The van der Waals surface area contributed by atoms with Gasteiger partial charge in [-0.15, -0.1) is 0 Å². The number of nitrogens with zero attached hydrogens (tertiary/aromatic N) is 1. The summed E-state index contributed by atoms with van der Waals surface area (Å²) in [5, 5.41) is 10.3. The van der Waals surface area contributed by atoms with Crippen molar-refractivity contribution in [1.82, 2.24) is 4.90 Å². The lowest BCUT2D eigenvalue weighted by Gasteiger charge is -2.26. The van der Waals surface area contributed by atoms with Gasteiger partial charge in [-0.2, -0.15) is 0 Å². The Labute approximate surface area is 116 Å². The fourth-order valence-corrected chi connectivity index (χ4v) is 4.10. The smallest absolute Gasteiger partial charge is 0.253 e. The van der Waals surface area contributed by atoms with E-state index in [9.17, 15) is 18.3 Å². The van der Waals surface area contributed by atoms with Crippen molar-refractivity contribution in [2.75, 3.05) is 18.6 Å². The number of hydrogen-bond donors (Lipinski definition) is 1. The number of hydrogen-bond acceptors (Lipinski definition) is 4. The van der Waals surface area contributed by atoms with Crippen molar-refractivity contribution in [2.24, 2.45) is 0 Å². The second kappa shape index (κ2) is 5.11. The average molecular weight is 304 g/mol. The van der Waals surface area contributed by atoms with E-state index in [1.807, 2.05) is 0 Å². The molecule has 1 aromatic rings. The molecule has 1 fully saturated rings. The molecule has 0 bridgehead atoms. The van der Waals surface area contributed by atoms with Gasteiger partial charge in [0.05, 0.1) is 23.7 Å². The zero-order valence-corrected chi connectivity index (χ0v) is 11.9. The van der Waals surface area contributed by atoms with E-state index in [1.165, 1.54) is 11.9 Å². The van der Waals surface area contributed by atoms with E-state index < -0.39 is 22.0 Å². The van der Waals surface area contributed by atoms with Crippen LogP contribution in [0, 0.1) is 0 Å². The Bertz CT molecular complexity index is 584. The maximum Gasteiger partial charge on any atom is 0.253 e. The van der Waals surface area contributed by atoms with Crippen LogP contribution in [0.25, 0.3) is 0 Å². The standard InChI is InChI=1S/C12H14ClNO4S/c1-14(10-6-19(17,18)7-11(10)15)12(16)8-2-4-9(13)5-3-8/h2-5,10-11,15H,6-7H2,1H3/t10-,11-/m0/s1. The molecule has 2 atom stereocenters. The molecule has 1 saturated heterocycles. The van der Waals surface area contributed by atoms with Crippen molar-refractivity contribution in [3.63, 3.8) is 0 Å². The minimum atomic E-state index is -3.28. The normalized spacial score (nSPS) is 25.2. The zero-order valence-electron chi connectivity index (χ0n) is 10.3. The van der Waals surface area contributed by atoms with Gasteiger partial charge < -0.3 is 10.0 Å². The predicted molar refractivity (Wildman–Crippen MR) is 72.0 cm³/mol. The molecule has 2 rings (SSSR count). The van der Waals surface area contributed by atoms with Crippen LogP contribution in [0.5, 0.6) is 0 Å². The van der Waals surface area contributed by atoms with Gasteiger partial charge in [0.15, 0.2) is 9.84 Å². The highest BCUT2D eigenvalue weighted by Crippen LogP contribution is 2.20. The molecule has 5 nitrogen and oxygen atoms in total. The van der Waals surface area contributed by atoms with Crippen LogP contribution >= 0.6 is 11.6 Å². The Hall–Kier alpha value is -1.11. The van der Waals surface area contributed by atoms with E-state index in [2.05, 4.69) is 0 Å². The summed E-state index contributed by atoms with van der Waals surface area (Å²) in [5.74, 6) is -0.835. The first-order valence-electron chi connectivity index (χ1n) is 5.71. The maximum atomic E-state index is 12.2. The lowest BCUT2D eigenvalue weighted by molar-refractivity contribution is 0.0581. The summed E-state index contributed by atoms with van der Waals surface area (Å²) in [4.78, 5) is 13.5. The third kappa shape index (κ3) is 3.08. The summed E-state index contributed by atoms with van der Waals surface area (Å²) in [5.41, 5.74) is 0.406. The fraction of sp³-hybridized carbons (Fsp3) is 0.417. The van der Waals surface area contributed by atoms with Crippen LogP contribution in [0.4, 0.5) is 0 Å². The summed E-state index contributed by atoms with van der Waals surface area (Å²) in [6.07, 6.45) is -1.04. The fourth-order valence-electron chi connectivity index (χ4n) is 2.13. The molecule has 1 amide bonds. The van der Waals surface area contributed by atoms with E-state index in [0.717, 1.165) is 0 Å². The highest BCUT2D eigenvalue weighted by Gasteiger charge is 2.40. The van der Waals surface area contributed by atoms with E-state index in [4.69, 9.17) is 11.6 Å². The minimum Gasteiger partial charge on any atom is -0.390 e. The number of carbonyl (C=O) groups is 1. The second-order valence-corrected chi connectivity index (χ2v) is 7.22. The molecule has 19 heavy (non-hydrogen) atoms. The van der Waals surface area contributed by atoms with Crippen molar-refractivity contribution >= 4 is 27.3 Å². The van der Waals surface area contributed by atoms with Crippen LogP contribution in [-0.4, -0.2) is 55.0 Å². The number of sulfone groups is 1. The summed E-state index contributed by atoms with van der Waals surface area (Å²) < 4.78 is 22.9. The number of carbonyl (C=O) groups excluding carboxylic acids is 1. The molecule has 0 radical (unpaired) electrons. The van der Waals surface area contributed by atoms with E-state index in [-0.39, 0.29) is 17.4 Å². The SMILES string of the molecule is CN(C(=O)c1ccc(Cl)cc1)[C@H]1CS(=O)(=O)C[C@@H]1O. The second-order valence-electron chi connectivity index (χ2n) is 4.63. The Kier molecular flexibility index (Phi) is 3.85. The molecule has 7 heteroatoms. The number of amides is 1. The van der Waals surface area contributed by atoms with Gasteiger partial charge in [0.1, 0.15) is 0 Å². The molecule has 1 aromatic carbocycles. The molecule has 0 unspecified atom stereocenters. The molecule has 0 aromatic heterocycles. The van der Waals surface area contributed by atoms with Crippen LogP contribution in [0.15, 0.2) is 24.3 Å². The summed E-state index contributed by atoms with van der Waals surface area (Å²) >= 11 is 5.74. The van der Waals surface area contributed by atoms with Crippen LogP contribution in [0.1, 0.15) is 10.4 Å². The zero-order chi connectivity index (χ0) is 14.2. The van der Waals surface area contributed by atoms with Crippen LogP contribution in [0.2, 0.25) is 5.02 Å². The molecule has 1 heterocycles. The van der Waals surface area contributed by atoms with Gasteiger partial charge in [-0.05, 0) is 24.3 Å². The Morgan fingerprint density at radius 1 is 1.32 bits per heavy atom. The van der Waals surface area contributed by atoms with Crippen molar-refractivity contribution in [3.8, 4) is 0 Å². The van der Waals surface area contributed by atoms with E-state index >= 15 is 0 Å². The Morgan fingerprint density at radius 3 is 2.37 bits per heavy atom. The summed E-state index contributed by atoms with van der Waals surface area (Å²) in [6.45, 7) is 0. The molecule has 0 saturated carbocycles. The quantitative estimate of drug-likeness (QED) is 0.867. The number of rotatable bonds is 2. The number of halogens is 1. The molecule has 1 aliphatic rings. The van der Waals surface area contributed by atoms with Gasteiger partial charge in [0, 0.05) is 17.6 Å². The molecular weight excluding hydrogens is 290 g/mol. The molecule has 1 N–H and O–H groups in total. The first-order valence-corrected chi connectivity index (χ1v) is 7.91. The van der Waals surface area contributed by atoms with Crippen LogP contribution in [-0.2, 0) is 9.84 Å². The number of likely N-dealkylation sites (N-methyl/N-ethyl adjacent to an activating group) is 1. The molecular formula is C12H14ClNO4S. The number of aliphatic hydroxyl groups excluding tert-OH is 1. The maximum absolute atomic E-state index is 12.2. The van der Waals surface area contributed by atoms with Gasteiger partial charge in [0.25, 0.3) is 5.91 Å². The lowest BCUT2D eigenvalue weighted by Crippen LogP contribution is -2.44. The summed E-state index contributed by atoms with van der Waals surface area (Å²) in [7, 11) is -1.79. The van der Waals surface area contributed by atoms with Crippen molar-refractivity contribution in [3.05, 3.63) is 34.9 Å². The average Bonchev–Trinajstić information content (AvgIpc) is 2.62. The predicted octanol–water partition coefficient (Wildman–Crippen LogP) is 0.570. The van der Waals surface area contributed by atoms with Crippen molar-refractivity contribution in [2.45, 2.75) is 12.1 Å². The number of benzene rings is 1. The topological polar surface area (TPSA) is 74.7 Å². The van der Waals surface area contributed by atoms with Crippen LogP contribution < -0.4 is 0 Å². The van der Waals surface area contributed by atoms with Crippen LogP contribution in [0.3, 0.4) is 0 Å². The molecule has 0 spiro atoms. The highest BCUT2D eigenvalue weighted by atomic mass is 35.5. The third-order valence-corrected chi connectivity index (χ3v) is 5.15. The summed E-state index contributed by atoms with van der Waals surface area (Å²) in [6, 6.07) is 5.61.